The maximum Gasteiger partial charge on any atom is 0.160 e. The van der Waals surface area contributed by atoms with Gasteiger partial charge < -0.3 is 8.83 Å². The maximum atomic E-state index is 6.25. The van der Waals surface area contributed by atoms with Gasteiger partial charge in [0.1, 0.15) is 22.3 Å². The van der Waals surface area contributed by atoms with E-state index in [1.807, 2.05) is 42.5 Å². The number of fused-ring (bicyclic) bond motifs is 9. The van der Waals surface area contributed by atoms with Crippen molar-refractivity contribution in [3.05, 3.63) is 193 Å². The minimum atomic E-state index is -0.0722. The van der Waals surface area contributed by atoms with Gasteiger partial charge >= 0.3 is 0 Å². The van der Waals surface area contributed by atoms with Gasteiger partial charge in [0.25, 0.3) is 0 Å². The third-order valence-electron chi connectivity index (χ3n) is 12.3. The fourth-order valence-corrected chi connectivity index (χ4v) is 9.26. The molecule has 0 fully saturated rings. The summed E-state index contributed by atoms with van der Waals surface area (Å²) in [5, 5.41) is 4.35. The van der Waals surface area contributed by atoms with E-state index in [1.54, 1.807) is 0 Å². The number of para-hydroxylation sites is 2. The highest BCUT2D eigenvalue weighted by molar-refractivity contribution is 6.07. The van der Waals surface area contributed by atoms with E-state index in [0.29, 0.717) is 5.82 Å². The van der Waals surface area contributed by atoms with Crippen molar-refractivity contribution in [3.8, 4) is 67.3 Å². The second-order valence-corrected chi connectivity index (χ2v) is 16.2. The quantitative estimate of drug-likeness (QED) is 0.175. The van der Waals surface area contributed by atoms with Crippen LogP contribution in [-0.4, -0.2) is 9.97 Å². The summed E-state index contributed by atoms with van der Waals surface area (Å²) in [6.45, 7) is 4.66. The Morgan fingerprint density at radius 3 is 1.56 bits per heavy atom. The van der Waals surface area contributed by atoms with Gasteiger partial charge in [-0.25, -0.2) is 9.97 Å². The summed E-state index contributed by atoms with van der Waals surface area (Å²) >= 11 is 0. The molecular weight excluding hydrogens is 721 g/mol. The first-order valence-corrected chi connectivity index (χ1v) is 20.1. The van der Waals surface area contributed by atoms with Gasteiger partial charge in [-0.05, 0) is 117 Å². The lowest BCUT2D eigenvalue weighted by molar-refractivity contribution is 0.660. The molecule has 0 radical (unpaired) electrons. The van der Waals surface area contributed by atoms with Gasteiger partial charge in [0.15, 0.2) is 5.82 Å². The van der Waals surface area contributed by atoms with Crippen molar-refractivity contribution in [2.24, 2.45) is 0 Å². The predicted octanol–water partition coefficient (Wildman–Crippen LogP) is 14.9. The zero-order valence-corrected chi connectivity index (χ0v) is 32.5. The summed E-state index contributed by atoms with van der Waals surface area (Å²) in [5.41, 5.74) is 17.9. The highest BCUT2D eigenvalue weighted by atomic mass is 16.3. The third kappa shape index (κ3) is 5.37. The molecule has 0 aliphatic heterocycles. The van der Waals surface area contributed by atoms with E-state index in [4.69, 9.17) is 18.8 Å². The van der Waals surface area contributed by atoms with Crippen molar-refractivity contribution >= 4 is 43.9 Å². The highest BCUT2D eigenvalue weighted by Gasteiger charge is 2.35. The maximum absolute atomic E-state index is 6.25. The first-order valence-electron chi connectivity index (χ1n) is 20.1. The lowest BCUT2D eigenvalue weighted by Crippen LogP contribution is -2.14. The summed E-state index contributed by atoms with van der Waals surface area (Å²) in [6.07, 6.45) is 0. The molecule has 12 rings (SSSR count). The first kappa shape index (κ1) is 33.6. The molecule has 0 unspecified atom stereocenters. The minimum absolute atomic E-state index is 0.0722. The van der Waals surface area contributed by atoms with Gasteiger partial charge in [-0.2, -0.15) is 0 Å². The number of furan rings is 2. The van der Waals surface area contributed by atoms with Crippen molar-refractivity contribution in [1.82, 2.24) is 9.97 Å². The number of benzene rings is 8. The number of nitrogens with zero attached hydrogens (tertiary/aromatic N) is 2. The predicted molar refractivity (Wildman–Crippen MR) is 241 cm³/mol. The van der Waals surface area contributed by atoms with E-state index in [0.717, 1.165) is 94.2 Å². The Balaban J connectivity index is 1.08. The number of rotatable bonds is 5. The standard InChI is InChI=1S/C55H36N2O2/c1-55(2)46-17-9-6-14-40(46)43-29-34(20-23-47(43)55)37-26-38(35-21-24-52-44(30-35)41-15-7-10-18-50(41)58-52)28-39(27-37)49-32-48(56-54(57-49)33-12-4-3-5-13-33)36-22-25-53-45(31-36)42-16-8-11-19-51(42)59-53/h3-32H,1-2H3. The van der Waals surface area contributed by atoms with E-state index in [2.05, 4.69) is 153 Å². The molecule has 3 aromatic heterocycles. The van der Waals surface area contributed by atoms with Gasteiger partial charge in [0.05, 0.1) is 11.4 Å². The molecule has 0 saturated carbocycles. The number of hydrogen-bond donors (Lipinski definition) is 0. The van der Waals surface area contributed by atoms with Crippen molar-refractivity contribution in [2.45, 2.75) is 19.3 Å². The fourth-order valence-electron chi connectivity index (χ4n) is 9.26. The average Bonchev–Trinajstić information content (AvgIpc) is 3.93. The molecule has 8 aromatic carbocycles. The highest BCUT2D eigenvalue weighted by Crippen LogP contribution is 2.50. The molecule has 59 heavy (non-hydrogen) atoms. The molecule has 3 heterocycles. The van der Waals surface area contributed by atoms with Crippen LogP contribution >= 0.6 is 0 Å². The largest absolute Gasteiger partial charge is 0.456 e. The monoisotopic (exact) mass is 756 g/mol. The van der Waals surface area contributed by atoms with Crippen LogP contribution in [0.15, 0.2) is 191 Å². The summed E-state index contributed by atoms with van der Waals surface area (Å²) in [4.78, 5) is 10.5. The lowest BCUT2D eigenvalue weighted by atomic mass is 9.82. The lowest BCUT2D eigenvalue weighted by Gasteiger charge is -2.21. The fraction of sp³-hybridized carbons (Fsp3) is 0.0545. The molecule has 0 amide bonds. The second-order valence-electron chi connectivity index (χ2n) is 16.2. The summed E-state index contributed by atoms with van der Waals surface area (Å²) < 4.78 is 12.5. The molecule has 1 aliphatic rings. The van der Waals surface area contributed by atoms with E-state index < -0.39 is 0 Å². The van der Waals surface area contributed by atoms with E-state index >= 15 is 0 Å². The SMILES string of the molecule is CC1(C)c2ccccc2-c2cc(-c3cc(-c4ccc5oc6ccccc6c5c4)cc(-c4cc(-c5ccc6oc7ccccc7c6c5)nc(-c5ccccc5)n4)c3)ccc21. The van der Waals surface area contributed by atoms with E-state index in [-0.39, 0.29) is 5.41 Å². The zero-order chi connectivity index (χ0) is 39.2. The molecule has 278 valence electrons. The van der Waals surface area contributed by atoms with Crippen LogP contribution in [0.25, 0.3) is 111 Å². The van der Waals surface area contributed by atoms with Gasteiger partial charge in [-0.15, -0.1) is 0 Å². The van der Waals surface area contributed by atoms with Crippen LogP contribution in [0.1, 0.15) is 25.0 Å². The Bertz CT molecular complexity index is 3480. The van der Waals surface area contributed by atoms with Crippen LogP contribution in [0.2, 0.25) is 0 Å². The minimum Gasteiger partial charge on any atom is -0.456 e. The van der Waals surface area contributed by atoms with E-state index in [1.165, 1.54) is 22.3 Å². The average molecular weight is 757 g/mol. The van der Waals surface area contributed by atoms with Gasteiger partial charge in [-0.3, -0.25) is 0 Å². The Labute approximate surface area is 341 Å². The summed E-state index contributed by atoms with van der Waals surface area (Å²) in [5.74, 6) is 0.671. The normalized spacial score (nSPS) is 13.1. The van der Waals surface area contributed by atoms with Crippen LogP contribution < -0.4 is 0 Å². The Kier molecular flexibility index (Phi) is 7.24. The van der Waals surface area contributed by atoms with Crippen molar-refractivity contribution < 1.29 is 8.83 Å². The molecule has 11 aromatic rings. The summed E-state index contributed by atoms with van der Waals surface area (Å²) in [6, 6.07) is 64.4. The Morgan fingerprint density at radius 2 is 0.847 bits per heavy atom. The molecule has 0 atom stereocenters. The Morgan fingerprint density at radius 1 is 0.339 bits per heavy atom. The van der Waals surface area contributed by atoms with Crippen LogP contribution in [-0.2, 0) is 5.41 Å². The molecule has 4 heteroatoms. The van der Waals surface area contributed by atoms with Crippen molar-refractivity contribution in [1.29, 1.82) is 0 Å². The van der Waals surface area contributed by atoms with Crippen LogP contribution in [0.4, 0.5) is 0 Å². The molecule has 1 aliphatic carbocycles. The molecule has 0 bridgehead atoms. The molecule has 0 saturated heterocycles. The molecule has 4 nitrogen and oxygen atoms in total. The molecule has 0 N–H and O–H groups in total. The van der Waals surface area contributed by atoms with Crippen molar-refractivity contribution in [3.63, 3.8) is 0 Å². The van der Waals surface area contributed by atoms with Gasteiger partial charge in [-0.1, -0.05) is 123 Å². The first-order chi connectivity index (χ1) is 28.9. The zero-order valence-electron chi connectivity index (χ0n) is 32.5. The number of hydrogen-bond acceptors (Lipinski definition) is 4. The Hall–Kier alpha value is -7.56. The van der Waals surface area contributed by atoms with Crippen LogP contribution in [0.3, 0.4) is 0 Å². The van der Waals surface area contributed by atoms with Crippen LogP contribution in [0.5, 0.6) is 0 Å². The smallest absolute Gasteiger partial charge is 0.160 e. The molecule has 0 spiro atoms. The van der Waals surface area contributed by atoms with E-state index in [9.17, 15) is 0 Å². The van der Waals surface area contributed by atoms with Gasteiger partial charge in [0.2, 0.25) is 0 Å². The molecular formula is C55H36N2O2. The van der Waals surface area contributed by atoms with Gasteiger partial charge in [0, 0.05) is 43.7 Å². The van der Waals surface area contributed by atoms with Crippen molar-refractivity contribution in [2.75, 3.05) is 0 Å². The van der Waals surface area contributed by atoms with Crippen LogP contribution in [0, 0.1) is 0 Å². The third-order valence-corrected chi connectivity index (χ3v) is 12.3. The summed E-state index contributed by atoms with van der Waals surface area (Å²) in [7, 11) is 0. The number of aromatic nitrogens is 2. The second kappa shape index (κ2) is 12.7. The topological polar surface area (TPSA) is 52.1 Å².